The van der Waals surface area contributed by atoms with Crippen LogP contribution in [0.3, 0.4) is 0 Å². The molecule has 13 heteroatoms. The van der Waals surface area contributed by atoms with Crippen molar-refractivity contribution in [1.29, 1.82) is 0 Å². The van der Waals surface area contributed by atoms with Crippen LogP contribution in [-0.4, -0.2) is 86.2 Å². The minimum Gasteiger partial charge on any atom is -0.492 e. The molecule has 13 nitrogen and oxygen atoms in total. The molecule has 0 aliphatic heterocycles. The highest BCUT2D eigenvalue weighted by molar-refractivity contribution is 6.16. The zero-order valence-electron chi connectivity index (χ0n) is 41.7. The van der Waals surface area contributed by atoms with Crippen molar-refractivity contribution in [2.24, 2.45) is 0 Å². The van der Waals surface area contributed by atoms with Gasteiger partial charge in [-0.1, -0.05) is 109 Å². The summed E-state index contributed by atoms with van der Waals surface area (Å²) in [6, 6.07) is 41.5. The largest absolute Gasteiger partial charge is 0.492 e. The number of ether oxygens (including phenoxy) is 8. The zero-order chi connectivity index (χ0) is 52.4. The highest BCUT2D eigenvalue weighted by Crippen LogP contribution is 2.46. The zero-order valence-corrected chi connectivity index (χ0v) is 41.7. The molecule has 0 fully saturated rings. The average molecular weight is 989 g/mol. The van der Waals surface area contributed by atoms with Crippen LogP contribution < -0.4 is 28.4 Å². The fourth-order valence-electron chi connectivity index (χ4n) is 9.53. The van der Waals surface area contributed by atoms with Crippen LogP contribution in [0, 0.1) is 0 Å². The van der Waals surface area contributed by atoms with Crippen LogP contribution in [0.1, 0.15) is 68.5 Å². The van der Waals surface area contributed by atoms with Gasteiger partial charge in [-0.05, 0) is 75.3 Å². The molecular weight excluding hydrogens is 941 g/mol. The lowest BCUT2D eigenvalue weighted by atomic mass is 9.88. The van der Waals surface area contributed by atoms with E-state index in [0.29, 0.717) is 89.6 Å². The minimum absolute atomic E-state index is 0.000125. The van der Waals surface area contributed by atoms with E-state index < -0.39 is 11.9 Å². The van der Waals surface area contributed by atoms with Crippen molar-refractivity contribution in [3.63, 3.8) is 0 Å². The number of carbonyl (C=O) groups is 5. The molecule has 0 spiro atoms. The van der Waals surface area contributed by atoms with Gasteiger partial charge in [0.05, 0.1) is 84.7 Å². The number of benzene rings is 8. The van der Waals surface area contributed by atoms with Crippen LogP contribution >= 0.6 is 0 Å². The van der Waals surface area contributed by atoms with Gasteiger partial charge in [-0.2, -0.15) is 0 Å². The highest BCUT2D eigenvalue weighted by atomic mass is 16.5. The van der Waals surface area contributed by atoms with E-state index in [2.05, 4.69) is 0 Å². The molecule has 0 heterocycles. The predicted molar refractivity (Wildman–Crippen MR) is 279 cm³/mol. The van der Waals surface area contributed by atoms with E-state index in [1.165, 1.54) is 56.9 Å². The van der Waals surface area contributed by atoms with Crippen molar-refractivity contribution in [2.45, 2.75) is 0 Å². The van der Waals surface area contributed by atoms with Gasteiger partial charge < -0.3 is 37.9 Å². The maximum Gasteiger partial charge on any atom is 0.339 e. The SMILES string of the molecule is COC(=O)c1c2ccc(c1C(=O)OC)-c1ccc(cc1)-c1ccc(c(OC)c1OC)C(=O)c1ccc(cc1)-c1ccc(c(OC)c1OC)C(=O)c1ccc(cc1)C(=O)c1ccc(c(OC)c1OC)-c1ccc-2cc1. The first-order valence-electron chi connectivity index (χ1n) is 23.1. The summed E-state index contributed by atoms with van der Waals surface area (Å²) in [4.78, 5) is 70.2. The standard InChI is InChI=1S/C61H48O13/c1-67-54-43-27-30-46(57(54)70-4)51(62)38-19-17-37(18-20-38)45-29-32-48(59(72-6)56(45)69-3)53(64)40-23-21-39(22-24-40)52(63)47-31-28-44(55(68-2)58(47)71-5)36-15-11-34(12-16-36)42-26-25-41(33-9-13-35(43)14-10-33)49(60(65)73-7)50(42)61(66)74-8/h9-32H,1-8H3. The number of esters is 2. The molecule has 0 aromatic heterocycles. The van der Waals surface area contributed by atoms with Crippen LogP contribution in [0.5, 0.6) is 34.5 Å². The quantitative estimate of drug-likeness (QED) is 0.133. The van der Waals surface area contributed by atoms with Crippen LogP contribution in [0.15, 0.2) is 146 Å². The molecule has 0 saturated heterocycles. The Morgan fingerprint density at radius 1 is 0.243 bits per heavy atom. The highest BCUT2D eigenvalue weighted by Gasteiger charge is 2.30. The summed E-state index contributed by atoms with van der Waals surface area (Å²) in [5.74, 6) is -1.03. The van der Waals surface area contributed by atoms with E-state index in [1.807, 2.05) is 24.3 Å². The summed E-state index contributed by atoms with van der Waals surface area (Å²) in [6.45, 7) is 0. The fourth-order valence-corrected chi connectivity index (χ4v) is 9.53. The van der Waals surface area contributed by atoms with Crippen LogP contribution in [-0.2, 0) is 9.47 Å². The number of methoxy groups -OCH3 is 8. The average Bonchev–Trinajstić information content (AvgIpc) is 3.46. The molecule has 370 valence electrons. The Morgan fingerprint density at radius 2 is 0.419 bits per heavy atom. The van der Waals surface area contributed by atoms with Gasteiger partial charge in [0.15, 0.2) is 51.8 Å². The van der Waals surface area contributed by atoms with Crippen molar-refractivity contribution in [1.82, 2.24) is 0 Å². The summed E-state index contributed by atoms with van der Waals surface area (Å²) in [5, 5.41) is 0. The molecular formula is C61H48O13. The van der Waals surface area contributed by atoms with Crippen LogP contribution in [0.4, 0.5) is 0 Å². The van der Waals surface area contributed by atoms with E-state index in [0.717, 1.165) is 0 Å². The first-order valence-corrected chi connectivity index (χ1v) is 23.1. The van der Waals surface area contributed by atoms with Crippen LogP contribution in [0.25, 0.3) is 55.6 Å². The van der Waals surface area contributed by atoms with Gasteiger partial charge in [-0.25, -0.2) is 9.59 Å². The summed E-state index contributed by atoms with van der Waals surface area (Å²) in [7, 11) is 11.3. The Balaban J connectivity index is 1.22. The number of carbonyl (C=O) groups excluding carboxylic acids is 5. The van der Waals surface area contributed by atoms with Crippen molar-refractivity contribution < 1.29 is 61.9 Å². The van der Waals surface area contributed by atoms with Crippen LogP contribution in [0.2, 0.25) is 0 Å². The molecule has 0 saturated carbocycles. The molecule has 8 aromatic rings. The van der Waals surface area contributed by atoms with Crippen molar-refractivity contribution >= 4 is 29.3 Å². The Bertz CT molecular complexity index is 3540. The molecule has 0 radical (unpaired) electrons. The van der Waals surface area contributed by atoms with Gasteiger partial charge >= 0.3 is 11.9 Å². The fraction of sp³-hybridized carbons (Fsp3) is 0.131. The molecule has 0 atom stereocenters. The van der Waals surface area contributed by atoms with Gasteiger partial charge in [-0.15, -0.1) is 0 Å². The third-order valence-electron chi connectivity index (χ3n) is 13.2. The normalized spacial score (nSPS) is 11.7. The molecule has 21 aliphatic carbocycles. The number of rotatable bonds is 8. The van der Waals surface area contributed by atoms with Crippen molar-refractivity contribution in [2.75, 3.05) is 56.9 Å². The molecule has 0 amide bonds. The van der Waals surface area contributed by atoms with Crippen molar-refractivity contribution in [3.8, 4) is 90.1 Å². The second kappa shape index (κ2) is 20.7. The molecule has 74 heavy (non-hydrogen) atoms. The molecule has 21 aliphatic rings. The van der Waals surface area contributed by atoms with Gasteiger partial charge in [0.2, 0.25) is 0 Å². The minimum atomic E-state index is -0.753. The maximum absolute atomic E-state index is 14.3. The topological polar surface area (TPSA) is 159 Å². The van der Waals surface area contributed by atoms with E-state index >= 15 is 0 Å². The van der Waals surface area contributed by atoms with E-state index in [4.69, 9.17) is 37.9 Å². The predicted octanol–water partition coefficient (Wildman–Crippen LogP) is 11.7. The van der Waals surface area contributed by atoms with Gasteiger partial charge in [0.25, 0.3) is 0 Å². The molecule has 16 bridgehead atoms. The van der Waals surface area contributed by atoms with Crippen molar-refractivity contribution in [3.05, 3.63) is 190 Å². The molecule has 29 rings (SSSR count). The smallest absolute Gasteiger partial charge is 0.339 e. The first kappa shape index (κ1) is 49.5. The summed E-state index contributed by atoms with van der Waals surface area (Å²) >= 11 is 0. The molecule has 0 N–H and O–H groups in total. The van der Waals surface area contributed by atoms with E-state index in [-0.39, 0.29) is 62.4 Å². The maximum atomic E-state index is 14.3. The summed E-state index contributed by atoms with van der Waals surface area (Å²) in [6.07, 6.45) is 0. The number of ketones is 3. The Hall–Kier alpha value is -9.49. The lowest BCUT2D eigenvalue weighted by molar-refractivity contribution is 0.0556. The first-order chi connectivity index (χ1) is 35.9. The van der Waals surface area contributed by atoms with Gasteiger partial charge in [0.1, 0.15) is 0 Å². The van der Waals surface area contributed by atoms with E-state index in [9.17, 15) is 24.0 Å². The Morgan fingerprint density at radius 3 is 0.635 bits per heavy atom. The second-order valence-corrected chi connectivity index (χ2v) is 16.9. The second-order valence-electron chi connectivity index (χ2n) is 16.9. The van der Waals surface area contributed by atoms with Gasteiger partial charge in [0, 0.05) is 33.4 Å². The Labute approximate surface area is 426 Å². The van der Waals surface area contributed by atoms with Gasteiger partial charge in [-0.3, -0.25) is 14.4 Å². The lowest BCUT2D eigenvalue weighted by Crippen LogP contribution is -2.15. The molecule has 0 unspecified atom stereocenters. The number of hydrogen-bond acceptors (Lipinski definition) is 13. The Kier molecular flexibility index (Phi) is 13.8. The molecule has 8 aromatic carbocycles. The third kappa shape index (κ3) is 8.53. The third-order valence-corrected chi connectivity index (χ3v) is 13.2. The lowest BCUT2D eigenvalue weighted by Gasteiger charge is -2.19. The summed E-state index contributed by atoms with van der Waals surface area (Å²) < 4.78 is 45.8. The summed E-state index contributed by atoms with van der Waals surface area (Å²) in [5.41, 5.74) is 7.59. The monoisotopic (exact) mass is 988 g/mol. The number of hydrogen-bond donors (Lipinski definition) is 0. The van der Waals surface area contributed by atoms with E-state index in [1.54, 1.807) is 121 Å².